The highest BCUT2D eigenvalue weighted by molar-refractivity contribution is 5.89. The van der Waals surface area contributed by atoms with Gasteiger partial charge in [0.2, 0.25) is 11.8 Å². The van der Waals surface area contributed by atoms with Gasteiger partial charge in [-0.2, -0.15) is 0 Å². The summed E-state index contributed by atoms with van der Waals surface area (Å²) < 4.78 is 5.42. The first-order valence-electron chi connectivity index (χ1n) is 12.1. The van der Waals surface area contributed by atoms with Gasteiger partial charge in [0.25, 0.3) is 0 Å². The maximum atomic E-state index is 12.6. The zero-order valence-corrected chi connectivity index (χ0v) is 20.0. The van der Waals surface area contributed by atoms with Crippen LogP contribution in [-0.2, 0) is 27.4 Å². The Morgan fingerprint density at radius 3 is 2.71 bits per heavy atom. The van der Waals surface area contributed by atoms with E-state index in [2.05, 4.69) is 10.3 Å². The van der Waals surface area contributed by atoms with Crippen molar-refractivity contribution in [1.82, 2.24) is 20.1 Å². The van der Waals surface area contributed by atoms with Gasteiger partial charge in [-0.15, -0.1) is 0 Å². The minimum absolute atomic E-state index is 0.00448. The molecule has 2 aliphatic heterocycles. The Hall–Kier alpha value is -3.62. The number of nitrogens with one attached hydrogen (secondary N) is 1. The summed E-state index contributed by atoms with van der Waals surface area (Å²) in [7, 11) is 0. The van der Waals surface area contributed by atoms with Gasteiger partial charge in [0.05, 0.1) is 5.92 Å². The van der Waals surface area contributed by atoms with Gasteiger partial charge in [-0.25, -0.2) is 4.79 Å². The summed E-state index contributed by atoms with van der Waals surface area (Å²) in [6, 6.07) is 10.8. The molecule has 0 radical (unpaired) electrons. The molecule has 35 heavy (non-hydrogen) atoms. The van der Waals surface area contributed by atoms with Crippen LogP contribution in [0.15, 0.2) is 42.6 Å². The number of piperidine rings is 1. The third-order valence-corrected chi connectivity index (χ3v) is 6.58. The molecular formula is C26H32N4O5. The number of ether oxygens (including phenoxy) is 1. The number of hydrogen-bond acceptors (Lipinski definition) is 6. The molecular weight excluding hydrogens is 448 g/mol. The Bertz CT molecular complexity index is 1030. The molecule has 9 heteroatoms. The number of phenolic OH excluding ortho intramolecular Hbond substituents is 1. The maximum absolute atomic E-state index is 12.6. The van der Waals surface area contributed by atoms with Crippen molar-refractivity contribution < 1.29 is 24.2 Å². The number of carbonyl (C=O) groups is 3. The van der Waals surface area contributed by atoms with E-state index in [-0.39, 0.29) is 42.6 Å². The van der Waals surface area contributed by atoms with E-state index in [1.165, 1.54) is 0 Å². The smallest absolute Gasteiger partial charge is 0.410 e. The zero-order valence-electron chi connectivity index (χ0n) is 20.0. The molecule has 2 fully saturated rings. The molecule has 1 unspecified atom stereocenters. The highest BCUT2D eigenvalue weighted by Crippen LogP contribution is 2.26. The molecule has 1 aromatic heterocycles. The van der Waals surface area contributed by atoms with E-state index in [0.29, 0.717) is 45.4 Å². The van der Waals surface area contributed by atoms with Crippen molar-refractivity contribution in [1.29, 1.82) is 0 Å². The first kappa shape index (κ1) is 24.5. The SMILES string of the molecule is Cc1cc(O)cc(COC(=O)N2CCC(N3CC(C(=O)NCCc4ccccn4)CC3=O)CC2)c1. The fourth-order valence-electron chi connectivity index (χ4n) is 4.78. The molecule has 2 aromatic rings. The van der Waals surface area contributed by atoms with Crippen LogP contribution in [0.1, 0.15) is 36.1 Å². The molecule has 3 amide bonds. The van der Waals surface area contributed by atoms with E-state index in [0.717, 1.165) is 16.8 Å². The Labute approximate surface area is 205 Å². The lowest BCUT2D eigenvalue weighted by Crippen LogP contribution is -2.47. The summed E-state index contributed by atoms with van der Waals surface area (Å²) in [6.45, 7) is 3.85. The molecule has 0 aliphatic carbocycles. The van der Waals surface area contributed by atoms with Crippen LogP contribution in [0.2, 0.25) is 0 Å². The highest BCUT2D eigenvalue weighted by atomic mass is 16.6. The van der Waals surface area contributed by atoms with E-state index in [4.69, 9.17) is 4.74 Å². The molecule has 2 saturated heterocycles. The number of aryl methyl sites for hydroxylation is 1. The second-order valence-corrected chi connectivity index (χ2v) is 9.26. The maximum Gasteiger partial charge on any atom is 0.410 e. The van der Waals surface area contributed by atoms with Gasteiger partial charge in [0, 0.05) is 57.0 Å². The molecule has 9 nitrogen and oxygen atoms in total. The molecule has 4 rings (SSSR count). The Morgan fingerprint density at radius 2 is 2.00 bits per heavy atom. The fourth-order valence-corrected chi connectivity index (χ4v) is 4.78. The minimum Gasteiger partial charge on any atom is -0.508 e. The van der Waals surface area contributed by atoms with Crippen molar-refractivity contribution >= 4 is 17.9 Å². The highest BCUT2D eigenvalue weighted by Gasteiger charge is 2.39. The van der Waals surface area contributed by atoms with Crippen LogP contribution < -0.4 is 5.32 Å². The van der Waals surface area contributed by atoms with Crippen LogP contribution in [-0.4, -0.2) is 70.0 Å². The Kier molecular flexibility index (Phi) is 7.84. The molecule has 0 saturated carbocycles. The van der Waals surface area contributed by atoms with Crippen LogP contribution in [0.25, 0.3) is 0 Å². The number of nitrogens with zero attached hydrogens (tertiary/aromatic N) is 3. The van der Waals surface area contributed by atoms with E-state index in [1.807, 2.05) is 31.2 Å². The average molecular weight is 481 g/mol. The van der Waals surface area contributed by atoms with Crippen LogP contribution in [0.5, 0.6) is 5.75 Å². The minimum atomic E-state index is -0.401. The topological polar surface area (TPSA) is 112 Å². The number of rotatable bonds is 7. The molecule has 0 spiro atoms. The van der Waals surface area contributed by atoms with Crippen molar-refractivity contribution in [2.45, 2.75) is 45.3 Å². The van der Waals surface area contributed by atoms with Crippen LogP contribution >= 0.6 is 0 Å². The number of likely N-dealkylation sites (tertiary alicyclic amines) is 2. The van der Waals surface area contributed by atoms with Gasteiger partial charge in [0.15, 0.2) is 0 Å². The number of carbonyl (C=O) groups excluding carboxylic acids is 3. The number of phenols is 1. The van der Waals surface area contributed by atoms with Gasteiger partial charge < -0.3 is 25.0 Å². The van der Waals surface area contributed by atoms with E-state index < -0.39 is 6.09 Å². The van der Waals surface area contributed by atoms with Gasteiger partial charge >= 0.3 is 6.09 Å². The monoisotopic (exact) mass is 480 g/mol. The summed E-state index contributed by atoms with van der Waals surface area (Å²) in [6.07, 6.45) is 3.51. The van der Waals surface area contributed by atoms with Crippen molar-refractivity contribution in [3.8, 4) is 5.75 Å². The molecule has 2 N–H and O–H groups in total. The Morgan fingerprint density at radius 1 is 1.20 bits per heavy atom. The third kappa shape index (κ3) is 6.49. The number of amides is 3. The lowest BCUT2D eigenvalue weighted by atomic mass is 10.0. The average Bonchev–Trinajstić information content (AvgIpc) is 3.24. The van der Waals surface area contributed by atoms with Crippen LogP contribution in [0, 0.1) is 12.8 Å². The zero-order chi connectivity index (χ0) is 24.8. The summed E-state index contributed by atoms with van der Waals surface area (Å²) in [5.41, 5.74) is 2.55. The third-order valence-electron chi connectivity index (χ3n) is 6.58. The van der Waals surface area contributed by atoms with Crippen molar-refractivity contribution in [2.24, 2.45) is 5.92 Å². The molecule has 1 atom stereocenters. The first-order chi connectivity index (χ1) is 16.9. The van der Waals surface area contributed by atoms with Crippen LogP contribution in [0.4, 0.5) is 4.79 Å². The normalized spacial score (nSPS) is 18.5. The van der Waals surface area contributed by atoms with Gasteiger partial charge in [-0.05, 0) is 55.2 Å². The van der Waals surface area contributed by atoms with Crippen molar-refractivity contribution in [3.05, 3.63) is 59.4 Å². The largest absolute Gasteiger partial charge is 0.508 e. The molecule has 186 valence electrons. The summed E-state index contributed by atoms with van der Waals surface area (Å²) in [5.74, 6) is -0.303. The molecule has 3 heterocycles. The van der Waals surface area contributed by atoms with Crippen LogP contribution in [0.3, 0.4) is 0 Å². The molecule has 1 aromatic carbocycles. The predicted octanol–water partition coefficient (Wildman–Crippen LogP) is 2.40. The summed E-state index contributed by atoms with van der Waals surface area (Å²) in [4.78, 5) is 45.4. The summed E-state index contributed by atoms with van der Waals surface area (Å²) >= 11 is 0. The predicted molar refractivity (Wildman–Crippen MR) is 128 cm³/mol. The number of benzene rings is 1. The quantitative estimate of drug-likeness (QED) is 0.630. The standard InChI is InChI=1S/C26H32N4O5/c1-18-12-19(14-23(31)13-18)17-35-26(34)29-10-6-22(7-11-29)30-16-20(15-24(30)32)25(33)28-9-5-21-4-2-3-8-27-21/h2-4,8,12-14,20,22,31H,5-7,9-11,15-17H2,1H3,(H,28,33). The lowest BCUT2D eigenvalue weighted by molar-refractivity contribution is -0.131. The van der Waals surface area contributed by atoms with E-state index in [1.54, 1.807) is 28.1 Å². The number of pyridine rings is 1. The van der Waals surface area contributed by atoms with Gasteiger partial charge in [-0.1, -0.05) is 12.1 Å². The van der Waals surface area contributed by atoms with E-state index >= 15 is 0 Å². The van der Waals surface area contributed by atoms with Gasteiger partial charge in [-0.3, -0.25) is 14.6 Å². The van der Waals surface area contributed by atoms with Crippen molar-refractivity contribution in [2.75, 3.05) is 26.2 Å². The first-order valence-corrected chi connectivity index (χ1v) is 12.1. The number of aromatic hydroxyl groups is 1. The second-order valence-electron chi connectivity index (χ2n) is 9.26. The summed E-state index contributed by atoms with van der Waals surface area (Å²) in [5, 5.41) is 12.6. The van der Waals surface area contributed by atoms with Crippen molar-refractivity contribution in [3.63, 3.8) is 0 Å². The fraction of sp³-hybridized carbons (Fsp3) is 0.462. The molecule has 0 bridgehead atoms. The van der Waals surface area contributed by atoms with Gasteiger partial charge in [0.1, 0.15) is 12.4 Å². The molecule has 2 aliphatic rings. The number of hydrogen-bond donors (Lipinski definition) is 2. The number of aromatic nitrogens is 1. The second kappa shape index (κ2) is 11.2. The lowest BCUT2D eigenvalue weighted by Gasteiger charge is -2.36. The van der Waals surface area contributed by atoms with E-state index in [9.17, 15) is 19.5 Å². The Balaban J connectivity index is 1.19.